The van der Waals surface area contributed by atoms with Crippen LogP contribution in [0.4, 0.5) is 26.0 Å². The number of amides is 4. The Kier molecular flexibility index (Phi) is 13.0. The van der Waals surface area contributed by atoms with Crippen molar-refractivity contribution in [2.24, 2.45) is 11.8 Å². The molecule has 64 heavy (non-hydrogen) atoms. The van der Waals surface area contributed by atoms with Crippen molar-refractivity contribution in [3.63, 3.8) is 0 Å². The van der Waals surface area contributed by atoms with Crippen LogP contribution in [0.1, 0.15) is 129 Å². The predicted molar refractivity (Wildman–Crippen MR) is 233 cm³/mol. The van der Waals surface area contributed by atoms with Gasteiger partial charge in [0.05, 0.1) is 53.7 Å². The summed E-state index contributed by atoms with van der Waals surface area (Å²) in [5, 5.41) is 27.3. The molecule has 4 fully saturated rings. The second-order valence-corrected chi connectivity index (χ2v) is 18.3. The van der Waals surface area contributed by atoms with Gasteiger partial charge in [-0.05, 0) is 93.7 Å². The van der Waals surface area contributed by atoms with Gasteiger partial charge in [0.25, 0.3) is 12.3 Å². The molecule has 4 amide bonds. The lowest BCUT2D eigenvalue weighted by Gasteiger charge is -2.36. The molecule has 2 saturated heterocycles. The number of imide groups is 1. The summed E-state index contributed by atoms with van der Waals surface area (Å²) in [4.78, 5) is 60.0. The minimum Gasteiger partial charge on any atom is -0.391 e. The summed E-state index contributed by atoms with van der Waals surface area (Å²) in [7, 11) is 1.76. The van der Waals surface area contributed by atoms with Crippen molar-refractivity contribution in [1.82, 2.24) is 34.6 Å². The number of carbonyl (C=O) groups is 4. The molecule has 18 heteroatoms. The Morgan fingerprint density at radius 3 is 2.58 bits per heavy atom. The number of nitrogens with zero attached hydrogens (tertiary/aromatic N) is 7. The van der Waals surface area contributed by atoms with Crippen molar-refractivity contribution in [1.29, 1.82) is 0 Å². The summed E-state index contributed by atoms with van der Waals surface area (Å²) in [5.41, 5.74) is 2.71. The van der Waals surface area contributed by atoms with Crippen LogP contribution in [-0.4, -0.2) is 110 Å². The van der Waals surface area contributed by atoms with Crippen molar-refractivity contribution >= 4 is 46.5 Å². The summed E-state index contributed by atoms with van der Waals surface area (Å²) in [5.74, 6) is -1.51. The number of carbonyl (C=O) groups excluding carboxylic acids is 4. The summed E-state index contributed by atoms with van der Waals surface area (Å²) in [6, 6.07) is 7.45. The van der Waals surface area contributed by atoms with E-state index in [-0.39, 0.29) is 59.2 Å². The van der Waals surface area contributed by atoms with Crippen molar-refractivity contribution in [2.75, 3.05) is 48.8 Å². The van der Waals surface area contributed by atoms with Crippen LogP contribution in [0, 0.1) is 11.8 Å². The van der Waals surface area contributed by atoms with Gasteiger partial charge in [-0.2, -0.15) is 10.2 Å². The van der Waals surface area contributed by atoms with Crippen LogP contribution >= 0.6 is 0 Å². The lowest BCUT2D eigenvalue weighted by Crippen LogP contribution is -2.44. The van der Waals surface area contributed by atoms with E-state index in [1.165, 1.54) is 16.9 Å². The van der Waals surface area contributed by atoms with E-state index in [1.807, 2.05) is 18.2 Å². The van der Waals surface area contributed by atoms with Gasteiger partial charge in [-0.3, -0.25) is 29.2 Å². The first-order valence-corrected chi connectivity index (χ1v) is 23.0. The number of aryl methyl sites for hydroxylation is 1. The topological polar surface area (TPSA) is 188 Å². The number of aliphatic hydroxyl groups is 1. The molecule has 0 spiro atoms. The number of aliphatic hydroxyl groups excluding tert-OH is 1. The fraction of sp³-hybridized carbons (Fsp3) is 0.587. The van der Waals surface area contributed by atoms with Crippen LogP contribution < -0.4 is 20.9 Å². The summed E-state index contributed by atoms with van der Waals surface area (Å²) >= 11 is 0. The Morgan fingerprint density at radius 1 is 1.02 bits per heavy atom. The van der Waals surface area contributed by atoms with Crippen LogP contribution in [0.25, 0.3) is 5.65 Å². The Morgan fingerprint density at radius 2 is 1.81 bits per heavy atom. The monoisotopic (exact) mass is 884 g/mol. The number of likely N-dealkylation sites (tertiary alicyclic amines) is 1. The van der Waals surface area contributed by atoms with Gasteiger partial charge < -0.3 is 30.3 Å². The molecule has 5 aliphatic rings. The highest BCUT2D eigenvalue weighted by molar-refractivity contribution is 6.10. The van der Waals surface area contributed by atoms with Crippen LogP contribution in [0.3, 0.4) is 0 Å². The first-order valence-electron chi connectivity index (χ1n) is 23.0. The molecule has 4 aromatic rings. The highest BCUT2D eigenvalue weighted by Gasteiger charge is 2.45. The minimum atomic E-state index is -2.88. The number of piperidine rings is 2. The van der Waals surface area contributed by atoms with Gasteiger partial charge in [0.1, 0.15) is 11.4 Å². The zero-order valence-corrected chi connectivity index (χ0v) is 36.3. The molecule has 3 aromatic heterocycles. The van der Waals surface area contributed by atoms with Gasteiger partial charge in [0, 0.05) is 52.1 Å². The first-order chi connectivity index (χ1) is 31.0. The molecule has 342 valence electrons. The van der Waals surface area contributed by atoms with Crippen molar-refractivity contribution < 1.29 is 37.8 Å². The molecule has 4 N–H and O–H groups in total. The second-order valence-electron chi connectivity index (χ2n) is 18.3. The Balaban J connectivity index is 0.720. The lowest BCUT2D eigenvalue weighted by molar-refractivity contribution is -0.139. The van der Waals surface area contributed by atoms with E-state index in [4.69, 9.17) is 4.74 Å². The standard InChI is InChI=1S/C46H58F2N10O6/c1-55-41-28(6-4-8-31(41)39(46(55)63)32-15-16-38(60)53-44(32)61)7-5-23-64-30-17-20-56(21-18-30)25-27-11-13-29(14-12-27)58-26-35(40(54-58)42(47)48)51-45(62)33-24-49-57-22-19-37(52-43(33)57)50-34-9-2-3-10-36(34)59/h4,6,8,19,22,24,26-27,29-30,32,34,36,39,42,59H,2-3,5,7,9-18,20-21,23,25H2,1H3,(H,50,52)(H,51,62)(H,53,60,61)/t27-,29-,32?,34-,36+,39?/m1/s1. The number of rotatable bonds is 14. The molecule has 9 rings (SSSR count). The third-order valence-electron chi connectivity index (χ3n) is 14.2. The van der Waals surface area contributed by atoms with Crippen LogP contribution in [-0.2, 0) is 25.5 Å². The molecule has 2 saturated carbocycles. The summed E-state index contributed by atoms with van der Waals surface area (Å²) in [6.45, 7) is 3.51. The largest absolute Gasteiger partial charge is 0.391 e. The fourth-order valence-electron chi connectivity index (χ4n) is 10.7. The number of likely N-dealkylation sites (N-methyl/N-ethyl adjacent to an activating group) is 1. The molecule has 0 radical (unpaired) electrons. The van der Waals surface area contributed by atoms with Crippen LogP contribution in [0.2, 0.25) is 0 Å². The number of aromatic nitrogens is 5. The average molecular weight is 885 g/mol. The van der Waals surface area contributed by atoms with E-state index in [9.17, 15) is 33.1 Å². The maximum atomic E-state index is 14.3. The maximum Gasteiger partial charge on any atom is 0.284 e. The van der Waals surface area contributed by atoms with Gasteiger partial charge in [-0.1, -0.05) is 31.0 Å². The highest BCUT2D eigenvalue weighted by atomic mass is 19.3. The van der Waals surface area contributed by atoms with E-state index in [0.29, 0.717) is 31.2 Å². The molecule has 4 atom stereocenters. The zero-order valence-electron chi connectivity index (χ0n) is 36.3. The molecule has 0 bridgehead atoms. The SMILES string of the molecule is CN1C(=O)C(C2CCC(=O)NC2=O)c2cccc(CCCOC3CCN(C[C@H]4CC[C@H](n5cc(NC(=O)c6cnn7ccc(N[C@@H]8CCCC[C@@H]8O)nc67)c(C(F)F)n5)CC4)CC3)c21. The molecule has 6 heterocycles. The first kappa shape index (κ1) is 43.9. The third kappa shape index (κ3) is 9.27. The maximum absolute atomic E-state index is 14.3. The Labute approximate surface area is 370 Å². The zero-order chi connectivity index (χ0) is 44.5. The smallest absolute Gasteiger partial charge is 0.284 e. The van der Waals surface area contributed by atoms with Gasteiger partial charge in [0.2, 0.25) is 17.7 Å². The third-order valence-corrected chi connectivity index (χ3v) is 14.2. The predicted octanol–water partition coefficient (Wildman–Crippen LogP) is 5.79. The number of hydrogen-bond acceptors (Lipinski definition) is 11. The number of para-hydroxylation sites is 1. The summed E-state index contributed by atoms with van der Waals surface area (Å²) < 4.78 is 38.0. The van der Waals surface area contributed by atoms with Crippen LogP contribution in [0.5, 0.6) is 0 Å². The molecule has 16 nitrogen and oxygen atoms in total. The molecule has 3 aliphatic heterocycles. The molecule has 2 aliphatic carbocycles. The number of ether oxygens (including phenoxy) is 1. The molecular formula is C46H58F2N10O6. The fourth-order valence-corrected chi connectivity index (χ4v) is 10.7. The molecular weight excluding hydrogens is 827 g/mol. The van der Waals surface area contributed by atoms with Crippen molar-refractivity contribution in [2.45, 2.75) is 127 Å². The van der Waals surface area contributed by atoms with Gasteiger partial charge >= 0.3 is 0 Å². The average Bonchev–Trinajstić information content (AvgIpc) is 3.98. The lowest BCUT2D eigenvalue weighted by atomic mass is 9.81. The van der Waals surface area contributed by atoms with Gasteiger partial charge in [0.15, 0.2) is 11.3 Å². The minimum absolute atomic E-state index is 0.0287. The summed E-state index contributed by atoms with van der Waals surface area (Å²) in [6.07, 6.45) is 12.5. The second kappa shape index (κ2) is 19.0. The van der Waals surface area contributed by atoms with E-state index >= 15 is 0 Å². The van der Waals surface area contributed by atoms with Crippen molar-refractivity contribution in [3.8, 4) is 0 Å². The van der Waals surface area contributed by atoms with E-state index < -0.39 is 36.0 Å². The number of alkyl halides is 2. The van der Waals surface area contributed by atoms with Gasteiger partial charge in [-0.15, -0.1) is 0 Å². The molecule has 2 unspecified atom stereocenters. The number of benzene rings is 1. The molecule has 1 aromatic carbocycles. The van der Waals surface area contributed by atoms with E-state index in [0.717, 1.165) is 107 Å². The number of nitrogens with one attached hydrogen (secondary N) is 3. The van der Waals surface area contributed by atoms with E-state index in [2.05, 4.69) is 36.0 Å². The van der Waals surface area contributed by atoms with Crippen molar-refractivity contribution in [3.05, 3.63) is 65.2 Å². The van der Waals surface area contributed by atoms with Gasteiger partial charge in [-0.25, -0.2) is 18.3 Å². The number of halogens is 2. The Hall–Kier alpha value is -5.33. The number of hydrogen-bond donors (Lipinski definition) is 4. The quantitative estimate of drug-likeness (QED) is 0.0887. The number of anilines is 3. The highest BCUT2D eigenvalue weighted by Crippen LogP contribution is 2.45. The van der Waals surface area contributed by atoms with Crippen LogP contribution in [0.15, 0.2) is 42.9 Å². The van der Waals surface area contributed by atoms with E-state index in [1.54, 1.807) is 28.9 Å². The Bertz CT molecular complexity index is 2360. The number of fused-ring (bicyclic) bond motifs is 2. The normalized spacial score (nSPS) is 25.8.